The van der Waals surface area contributed by atoms with Gasteiger partial charge in [-0.15, -0.1) is 11.3 Å². The van der Waals surface area contributed by atoms with Crippen molar-refractivity contribution in [1.82, 2.24) is 15.3 Å². The maximum absolute atomic E-state index is 14.9. The lowest BCUT2D eigenvalue weighted by atomic mass is 10.1. The van der Waals surface area contributed by atoms with Gasteiger partial charge in [0.25, 0.3) is 0 Å². The Hall–Kier alpha value is -2.85. The average molecular weight is 446 g/mol. The van der Waals surface area contributed by atoms with E-state index >= 15 is 0 Å². The van der Waals surface area contributed by atoms with Crippen molar-refractivity contribution >= 4 is 29.3 Å². The van der Waals surface area contributed by atoms with Crippen LogP contribution in [-0.2, 0) is 11.3 Å². The number of piperidine rings is 1. The van der Waals surface area contributed by atoms with Crippen molar-refractivity contribution in [3.63, 3.8) is 0 Å². The number of carbonyl (C=O) groups is 1. The van der Waals surface area contributed by atoms with Crippen molar-refractivity contribution < 1.29 is 19.0 Å². The van der Waals surface area contributed by atoms with Crippen LogP contribution < -0.4 is 10.2 Å². The highest BCUT2D eigenvalue weighted by molar-refractivity contribution is 7.17. The first-order chi connectivity index (χ1) is 15.0. The van der Waals surface area contributed by atoms with Gasteiger partial charge in [-0.25, -0.2) is 14.8 Å². The normalized spacial score (nSPS) is 17.0. The van der Waals surface area contributed by atoms with E-state index in [4.69, 9.17) is 4.74 Å². The zero-order valence-corrected chi connectivity index (χ0v) is 18.0. The number of aromatic carboxylic acids is 1. The molecular weight excluding hydrogens is 421 g/mol. The number of methoxy groups -OCH3 is 1. The van der Waals surface area contributed by atoms with Gasteiger partial charge < -0.3 is 20.1 Å². The summed E-state index contributed by atoms with van der Waals surface area (Å²) >= 11 is 0.952. The van der Waals surface area contributed by atoms with E-state index in [1.54, 1.807) is 25.5 Å². The molecule has 2 aromatic rings. The number of aliphatic imine (C=N–C) groups is 1. The SMILES string of the molecule is COC1CCN(c2ccc(-c3nc(CNC4=CCCN=C4)c(C(=O)O)s3)c(F)n2)CC1. The number of aromatic nitrogens is 2. The maximum atomic E-state index is 14.9. The molecule has 0 aliphatic carbocycles. The lowest BCUT2D eigenvalue weighted by molar-refractivity contribution is 0.0700. The summed E-state index contributed by atoms with van der Waals surface area (Å²) in [5.74, 6) is -1.17. The molecule has 0 bridgehead atoms. The topological polar surface area (TPSA) is 99.9 Å². The standard InChI is InChI=1S/C21H24FN5O3S/c1-30-14-6-9-27(10-7-14)17-5-4-15(19(22)26-17)20-25-16(18(31-20)21(28)29)12-24-13-3-2-8-23-11-13/h3-5,11,14,24H,2,6-10,12H2,1H3,(H,28,29). The van der Waals surface area contributed by atoms with Crippen LogP contribution in [0.3, 0.4) is 0 Å². The molecule has 1 fully saturated rings. The summed E-state index contributed by atoms with van der Waals surface area (Å²) in [7, 11) is 1.70. The summed E-state index contributed by atoms with van der Waals surface area (Å²) in [6.07, 6.45) is 6.51. The molecule has 2 N–H and O–H groups in total. The summed E-state index contributed by atoms with van der Waals surface area (Å²) in [4.78, 5) is 26.5. The molecule has 8 nitrogen and oxygen atoms in total. The summed E-state index contributed by atoms with van der Waals surface area (Å²) in [6.45, 7) is 2.47. The summed E-state index contributed by atoms with van der Waals surface area (Å²) in [6, 6.07) is 3.38. The molecule has 2 aliphatic heterocycles. The minimum atomic E-state index is -1.09. The molecule has 0 saturated carbocycles. The first-order valence-electron chi connectivity index (χ1n) is 10.2. The molecule has 2 aliphatic rings. The molecule has 0 aromatic carbocycles. The van der Waals surface area contributed by atoms with Crippen molar-refractivity contribution in [3.05, 3.63) is 40.4 Å². The van der Waals surface area contributed by atoms with Crippen molar-refractivity contribution in [2.75, 3.05) is 31.6 Å². The molecular formula is C21H24FN5O3S. The number of rotatable bonds is 7. The summed E-state index contributed by atoms with van der Waals surface area (Å²) in [5, 5.41) is 13.0. The number of halogens is 1. The van der Waals surface area contributed by atoms with Gasteiger partial charge in [-0.1, -0.05) is 6.08 Å². The number of pyridine rings is 1. The van der Waals surface area contributed by atoms with Gasteiger partial charge in [-0.2, -0.15) is 4.39 Å². The number of ether oxygens (including phenoxy) is 1. The highest BCUT2D eigenvalue weighted by Crippen LogP contribution is 2.31. The van der Waals surface area contributed by atoms with E-state index < -0.39 is 11.9 Å². The molecule has 4 rings (SSSR count). The predicted molar refractivity (Wildman–Crippen MR) is 117 cm³/mol. The molecule has 1 saturated heterocycles. The van der Waals surface area contributed by atoms with E-state index in [0.29, 0.717) is 16.5 Å². The molecule has 31 heavy (non-hydrogen) atoms. The van der Waals surface area contributed by atoms with Crippen LogP contribution >= 0.6 is 11.3 Å². The van der Waals surface area contributed by atoms with Crippen molar-refractivity contribution in [1.29, 1.82) is 0 Å². The summed E-state index contributed by atoms with van der Waals surface area (Å²) < 4.78 is 20.2. The lowest BCUT2D eigenvalue weighted by Crippen LogP contribution is -2.37. The zero-order chi connectivity index (χ0) is 21.8. The minimum absolute atomic E-state index is 0.0842. The van der Waals surface area contributed by atoms with Crippen LogP contribution in [0.2, 0.25) is 0 Å². The second-order valence-electron chi connectivity index (χ2n) is 7.37. The third-order valence-corrected chi connectivity index (χ3v) is 6.49. The largest absolute Gasteiger partial charge is 0.477 e. The molecule has 10 heteroatoms. The number of hydrogen-bond donors (Lipinski definition) is 2. The van der Waals surface area contributed by atoms with Gasteiger partial charge in [0, 0.05) is 38.7 Å². The van der Waals surface area contributed by atoms with E-state index in [1.165, 1.54) is 0 Å². The molecule has 0 amide bonds. The van der Waals surface area contributed by atoms with Crippen LogP contribution in [-0.4, -0.2) is 60.1 Å². The number of nitrogens with zero attached hydrogens (tertiary/aromatic N) is 4. The molecule has 164 valence electrons. The highest BCUT2D eigenvalue weighted by Gasteiger charge is 2.23. The third kappa shape index (κ3) is 4.91. The molecule has 2 aromatic heterocycles. The zero-order valence-electron chi connectivity index (χ0n) is 17.2. The van der Waals surface area contributed by atoms with Crippen LogP contribution in [0.15, 0.2) is 28.9 Å². The van der Waals surface area contributed by atoms with Crippen LogP contribution in [0.25, 0.3) is 10.6 Å². The first-order valence-corrected chi connectivity index (χ1v) is 11.0. The Morgan fingerprint density at radius 2 is 2.16 bits per heavy atom. The Balaban J connectivity index is 1.52. The number of anilines is 1. The lowest BCUT2D eigenvalue weighted by Gasteiger charge is -2.32. The van der Waals surface area contributed by atoms with Gasteiger partial charge >= 0.3 is 5.97 Å². The smallest absolute Gasteiger partial charge is 0.347 e. The number of carboxylic acids is 1. The molecule has 0 atom stereocenters. The number of carboxylic acid groups (broad SMARTS) is 1. The van der Waals surface area contributed by atoms with Gasteiger partial charge in [0.05, 0.1) is 23.9 Å². The van der Waals surface area contributed by atoms with Crippen LogP contribution in [0.4, 0.5) is 10.2 Å². The van der Waals surface area contributed by atoms with Crippen molar-refractivity contribution in [2.45, 2.75) is 31.9 Å². The Morgan fingerprint density at radius 1 is 1.35 bits per heavy atom. The van der Waals surface area contributed by atoms with Crippen LogP contribution in [0.1, 0.15) is 34.6 Å². The van der Waals surface area contributed by atoms with Gasteiger partial charge in [0.15, 0.2) is 0 Å². The Labute approximate surface area is 183 Å². The van der Waals surface area contributed by atoms with Crippen molar-refractivity contribution in [3.8, 4) is 10.6 Å². The van der Waals surface area contributed by atoms with E-state index in [0.717, 1.165) is 55.9 Å². The third-order valence-electron chi connectivity index (χ3n) is 5.37. The quantitative estimate of drug-likeness (QED) is 0.632. The predicted octanol–water partition coefficient (Wildman–Crippen LogP) is 3.11. The van der Waals surface area contributed by atoms with Gasteiger partial charge in [0.1, 0.15) is 15.7 Å². The fraction of sp³-hybridized carbons (Fsp3) is 0.429. The van der Waals surface area contributed by atoms with E-state index in [1.807, 2.05) is 11.0 Å². The van der Waals surface area contributed by atoms with Crippen LogP contribution in [0.5, 0.6) is 0 Å². The Bertz CT molecular complexity index is 1010. The molecule has 0 spiro atoms. The fourth-order valence-electron chi connectivity index (χ4n) is 3.65. The molecule has 0 radical (unpaired) electrons. The molecule has 4 heterocycles. The Kier molecular flexibility index (Phi) is 6.57. The monoisotopic (exact) mass is 445 g/mol. The minimum Gasteiger partial charge on any atom is -0.477 e. The van der Waals surface area contributed by atoms with Gasteiger partial charge in [-0.3, -0.25) is 4.99 Å². The number of allylic oxidation sites excluding steroid dienone is 1. The molecule has 0 unspecified atom stereocenters. The van der Waals surface area contributed by atoms with Gasteiger partial charge in [-0.05, 0) is 31.4 Å². The average Bonchev–Trinajstić information content (AvgIpc) is 3.23. The fourth-order valence-corrected chi connectivity index (χ4v) is 4.58. The Morgan fingerprint density at radius 3 is 2.81 bits per heavy atom. The highest BCUT2D eigenvalue weighted by atomic mass is 32.1. The number of hydrogen-bond acceptors (Lipinski definition) is 8. The number of thiazole rings is 1. The van der Waals surface area contributed by atoms with E-state index in [2.05, 4.69) is 20.3 Å². The van der Waals surface area contributed by atoms with Gasteiger partial charge in [0.2, 0.25) is 5.95 Å². The number of nitrogens with one attached hydrogen (secondary N) is 1. The second-order valence-corrected chi connectivity index (χ2v) is 8.37. The van der Waals surface area contributed by atoms with E-state index in [9.17, 15) is 14.3 Å². The van der Waals surface area contributed by atoms with E-state index in [-0.39, 0.29) is 23.1 Å². The van der Waals surface area contributed by atoms with Crippen molar-refractivity contribution in [2.24, 2.45) is 4.99 Å². The summed E-state index contributed by atoms with van der Waals surface area (Å²) in [5.41, 5.74) is 1.39. The second kappa shape index (κ2) is 9.52. The maximum Gasteiger partial charge on any atom is 0.347 e. The van der Waals surface area contributed by atoms with Crippen LogP contribution in [0, 0.1) is 5.95 Å². The number of dihydropyridines is 1. The first kappa shape index (κ1) is 21.4.